The molecule has 3 aliphatic heterocycles. The number of rotatable bonds is 7. The summed E-state index contributed by atoms with van der Waals surface area (Å²) in [6.07, 6.45) is 4.84. The third kappa shape index (κ3) is 4.70. The number of carbonyl (C=O) groups is 1. The van der Waals surface area contributed by atoms with E-state index in [2.05, 4.69) is 32.4 Å². The van der Waals surface area contributed by atoms with Gasteiger partial charge in [-0.2, -0.15) is 9.97 Å². The summed E-state index contributed by atoms with van der Waals surface area (Å²) in [5, 5.41) is 0.366. The van der Waals surface area contributed by atoms with Crippen LogP contribution in [0.3, 0.4) is 0 Å². The van der Waals surface area contributed by atoms with E-state index in [-0.39, 0.29) is 50.0 Å². The fourth-order valence-electron chi connectivity index (χ4n) is 8.41. The van der Waals surface area contributed by atoms with Crippen LogP contribution in [-0.4, -0.2) is 94.3 Å². The van der Waals surface area contributed by atoms with Crippen molar-refractivity contribution in [3.63, 3.8) is 0 Å². The lowest BCUT2D eigenvalue weighted by atomic mass is 9.95. The van der Waals surface area contributed by atoms with Gasteiger partial charge >= 0.3 is 6.01 Å². The molecule has 5 heterocycles. The molecule has 4 fully saturated rings. The predicted octanol–water partition coefficient (Wildman–Crippen LogP) is 4.87. The summed E-state index contributed by atoms with van der Waals surface area (Å²) in [7, 11) is 0. The van der Waals surface area contributed by atoms with Gasteiger partial charge in [0.2, 0.25) is 6.54 Å². The van der Waals surface area contributed by atoms with Gasteiger partial charge in [0.05, 0.1) is 10.9 Å². The lowest BCUT2D eigenvalue weighted by molar-refractivity contribution is -0.131. The number of anilines is 1. The second-order valence-corrected chi connectivity index (χ2v) is 13.4. The summed E-state index contributed by atoms with van der Waals surface area (Å²) in [6, 6.07) is 5.32. The van der Waals surface area contributed by atoms with Crippen LogP contribution in [-0.2, 0) is 11.2 Å². The summed E-state index contributed by atoms with van der Waals surface area (Å²) in [5.41, 5.74) is 3.00. The van der Waals surface area contributed by atoms with E-state index < -0.39 is 35.3 Å². The number of pyridine rings is 1. The standard InChI is InChI=1S/C34H34F3N7O2/c1-19(35)32(45)44-10-9-42(17-22(44)14-38-2)31-27-15-39-29(24-6-3-5-23-25-11-20(25)12-26(23)24)28(37)30(27)40-33(41-31)46-18-34-7-4-8-43(34)16-21(36)13-34/h3,5-6,15,20-22,25H,1,4,7-14,16-18H2/t20?,21-,22+,25?,34+/m1/s1. The molecule has 1 amide bonds. The molecule has 2 aromatic heterocycles. The molecule has 238 valence electrons. The quantitative estimate of drug-likeness (QED) is 0.273. The normalized spacial score (nSPS) is 28.1. The van der Waals surface area contributed by atoms with Crippen molar-refractivity contribution < 1.29 is 22.7 Å². The minimum Gasteiger partial charge on any atom is -0.461 e. The maximum atomic E-state index is 16.7. The Labute approximate surface area is 264 Å². The van der Waals surface area contributed by atoms with E-state index in [0.29, 0.717) is 36.0 Å². The molecule has 1 aromatic carbocycles. The first-order chi connectivity index (χ1) is 22.3. The fourth-order valence-corrected chi connectivity index (χ4v) is 8.41. The second-order valence-electron chi connectivity index (χ2n) is 13.4. The van der Waals surface area contributed by atoms with Crippen LogP contribution < -0.4 is 9.64 Å². The zero-order valence-electron chi connectivity index (χ0n) is 25.4. The lowest BCUT2D eigenvalue weighted by Gasteiger charge is -2.39. The van der Waals surface area contributed by atoms with Gasteiger partial charge in [0.15, 0.2) is 11.6 Å². The van der Waals surface area contributed by atoms with Crippen molar-refractivity contribution in [3.05, 3.63) is 65.2 Å². The van der Waals surface area contributed by atoms with E-state index >= 15 is 4.39 Å². The summed E-state index contributed by atoms with van der Waals surface area (Å²) >= 11 is 0. The molecule has 3 aromatic rings. The van der Waals surface area contributed by atoms with Crippen molar-refractivity contribution in [3.8, 4) is 17.3 Å². The van der Waals surface area contributed by atoms with Crippen LogP contribution in [0.4, 0.5) is 19.0 Å². The largest absolute Gasteiger partial charge is 0.461 e. The summed E-state index contributed by atoms with van der Waals surface area (Å²) in [4.78, 5) is 35.2. The Morgan fingerprint density at radius 3 is 2.91 bits per heavy atom. The van der Waals surface area contributed by atoms with Crippen LogP contribution in [0.1, 0.15) is 42.7 Å². The summed E-state index contributed by atoms with van der Waals surface area (Å²) in [6.45, 7) is 12.4. The van der Waals surface area contributed by atoms with Crippen molar-refractivity contribution in [2.45, 2.75) is 55.8 Å². The molecule has 2 unspecified atom stereocenters. The van der Waals surface area contributed by atoms with E-state index in [9.17, 15) is 13.6 Å². The van der Waals surface area contributed by atoms with Gasteiger partial charge in [0, 0.05) is 44.4 Å². The third-order valence-electron chi connectivity index (χ3n) is 10.7. The number of carbonyl (C=O) groups excluding carboxylic acids is 1. The number of hydrogen-bond acceptors (Lipinski definition) is 7. The van der Waals surface area contributed by atoms with Gasteiger partial charge in [-0.05, 0) is 55.2 Å². The van der Waals surface area contributed by atoms with Crippen LogP contribution in [0, 0.1) is 18.3 Å². The Morgan fingerprint density at radius 1 is 1.22 bits per heavy atom. The molecule has 5 atom stereocenters. The zero-order valence-corrected chi connectivity index (χ0v) is 25.4. The number of benzene rings is 1. The molecular weight excluding hydrogens is 595 g/mol. The molecule has 2 aliphatic carbocycles. The van der Waals surface area contributed by atoms with Crippen LogP contribution >= 0.6 is 0 Å². The molecule has 0 bridgehead atoms. The maximum absolute atomic E-state index is 16.7. The van der Waals surface area contributed by atoms with E-state index in [4.69, 9.17) is 16.3 Å². The summed E-state index contributed by atoms with van der Waals surface area (Å²) in [5.74, 6) is -0.993. The number of aromatic nitrogens is 3. The Balaban J connectivity index is 1.19. The summed E-state index contributed by atoms with van der Waals surface area (Å²) < 4.78 is 51.2. The number of nitrogens with zero attached hydrogens (tertiary/aromatic N) is 7. The topological polar surface area (TPSA) is 79.1 Å². The van der Waals surface area contributed by atoms with E-state index in [1.807, 2.05) is 17.0 Å². The Kier molecular flexibility index (Phi) is 6.94. The fraction of sp³-hybridized carbons (Fsp3) is 0.500. The lowest BCUT2D eigenvalue weighted by Crippen LogP contribution is -2.56. The molecule has 12 heteroatoms. The molecule has 0 N–H and O–H groups in total. The number of fused-ring (bicyclic) bond motifs is 5. The van der Waals surface area contributed by atoms with Gasteiger partial charge in [-0.3, -0.25) is 14.7 Å². The van der Waals surface area contributed by atoms with Gasteiger partial charge in [0.1, 0.15) is 35.8 Å². The Morgan fingerprint density at radius 2 is 2.09 bits per heavy atom. The number of amides is 1. The number of alkyl halides is 1. The van der Waals surface area contributed by atoms with Crippen molar-refractivity contribution in [2.24, 2.45) is 5.92 Å². The molecule has 46 heavy (non-hydrogen) atoms. The minimum atomic E-state index is -1.09. The van der Waals surface area contributed by atoms with Crippen LogP contribution in [0.25, 0.3) is 27.0 Å². The number of hydrogen-bond donors (Lipinski definition) is 0. The van der Waals surface area contributed by atoms with Crippen LogP contribution in [0.2, 0.25) is 0 Å². The predicted molar refractivity (Wildman–Crippen MR) is 165 cm³/mol. The molecule has 8 rings (SSSR count). The van der Waals surface area contributed by atoms with Crippen molar-refractivity contribution in [2.75, 3.05) is 50.8 Å². The van der Waals surface area contributed by atoms with Gasteiger partial charge in [-0.1, -0.05) is 24.8 Å². The first kappa shape index (κ1) is 29.2. The average Bonchev–Trinajstić information content (AvgIpc) is 3.39. The highest BCUT2D eigenvalue weighted by Gasteiger charge is 2.50. The monoisotopic (exact) mass is 629 g/mol. The van der Waals surface area contributed by atoms with Crippen molar-refractivity contribution in [1.82, 2.24) is 24.8 Å². The molecule has 0 radical (unpaired) electrons. The van der Waals surface area contributed by atoms with Crippen LogP contribution in [0.15, 0.2) is 36.8 Å². The zero-order chi connectivity index (χ0) is 31.7. The van der Waals surface area contributed by atoms with E-state index in [1.165, 1.54) is 16.9 Å². The van der Waals surface area contributed by atoms with E-state index in [0.717, 1.165) is 36.9 Å². The van der Waals surface area contributed by atoms with Crippen LogP contribution in [0.5, 0.6) is 6.01 Å². The average molecular weight is 630 g/mol. The molecule has 9 nitrogen and oxygen atoms in total. The first-order valence-electron chi connectivity index (χ1n) is 16.0. The molecule has 1 saturated carbocycles. The highest BCUT2D eigenvalue weighted by atomic mass is 19.1. The highest BCUT2D eigenvalue weighted by Crippen LogP contribution is 2.57. The van der Waals surface area contributed by atoms with Gasteiger partial charge in [-0.25, -0.2) is 19.7 Å². The van der Waals surface area contributed by atoms with Crippen molar-refractivity contribution >= 4 is 22.6 Å². The SMILES string of the molecule is [C-]#[N+]C[C@H]1CN(c2nc(OC[C@@]34CCCN3C[C@H](F)C4)nc3c(F)c(-c4cccc5c4CC4CC54)ncc23)CCN1C(=O)C(=C)F. The third-order valence-corrected chi connectivity index (χ3v) is 10.7. The molecule has 3 saturated heterocycles. The number of halogens is 3. The smallest absolute Gasteiger partial charge is 0.319 e. The second kappa shape index (κ2) is 10.9. The number of ether oxygens (including phenoxy) is 1. The maximum Gasteiger partial charge on any atom is 0.319 e. The van der Waals surface area contributed by atoms with Crippen molar-refractivity contribution in [1.29, 1.82) is 0 Å². The first-order valence-corrected chi connectivity index (χ1v) is 16.0. The van der Waals surface area contributed by atoms with Gasteiger partial charge < -0.3 is 19.4 Å². The number of piperazine rings is 1. The molecule has 0 spiro atoms. The highest BCUT2D eigenvalue weighted by molar-refractivity contribution is 5.93. The van der Waals surface area contributed by atoms with E-state index in [1.54, 1.807) is 6.20 Å². The van der Waals surface area contributed by atoms with Gasteiger partial charge in [0.25, 0.3) is 5.91 Å². The Bertz CT molecular complexity index is 1810. The minimum absolute atomic E-state index is 0.0287. The van der Waals surface area contributed by atoms with Gasteiger partial charge in [-0.15, -0.1) is 0 Å². The molecule has 5 aliphatic rings. The Hall–Kier alpha value is -4.24. The molecular formula is C34H34F3N7O2.